The number of methoxy groups -OCH3 is 1. The molecule has 0 spiro atoms. The third kappa shape index (κ3) is 4.36. The zero-order valence-corrected chi connectivity index (χ0v) is 16.6. The molecule has 1 N–H and O–H groups in total. The Hall–Kier alpha value is -1.96. The average Bonchev–Trinajstić information content (AvgIpc) is 2.63. The lowest BCUT2D eigenvalue weighted by Gasteiger charge is -2.41. The summed E-state index contributed by atoms with van der Waals surface area (Å²) in [6, 6.07) is 16.1. The van der Waals surface area contributed by atoms with Gasteiger partial charge in [0.05, 0.1) is 7.11 Å². The Morgan fingerprint density at radius 1 is 1.12 bits per heavy atom. The first-order valence-electron chi connectivity index (χ1n) is 8.29. The number of benzene rings is 2. The molecule has 1 unspecified atom stereocenters. The number of ether oxygens (including phenoxy) is 1. The Labute approximate surface area is 162 Å². The lowest BCUT2D eigenvalue weighted by molar-refractivity contribution is 0.200. The second-order valence-electron chi connectivity index (χ2n) is 6.12. The van der Waals surface area contributed by atoms with Crippen LogP contribution in [0.5, 0.6) is 5.75 Å². The van der Waals surface area contributed by atoms with Gasteiger partial charge < -0.3 is 19.9 Å². The molecule has 1 saturated heterocycles. The molecule has 1 atom stereocenters. The molecule has 1 aliphatic heterocycles. The first kappa shape index (κ1) is 17.8. The molecular formula is C19H22IN3O2. The molecule has 1 heterocycles. The van der Waals surface area contributed by atoms with Gasteiger partial charge in [-0.15, -0.1) is 0 Å². The van der Waals surface area contributed by atoms with Crippen molar-refractivity contribution in [3.05, 3.63) is 52.1 Å². The molecule has 2 amide bonds. The smallest absolute Gasteiger partial charge is 0.321 e. The van der Waals surface area contributed by atoms with Crippen LogP contribution in [0.2, 0.25) is 0 Å². The van der Waals surface area contributed by atoms with E-state index < -0.39 is 0 Å². The number of urea groups is 1. The first-order valence-corrected chi connectivity index (χ1v) is 9.37. The third-order valence-corrected chi connectivity index (χ3v) is 5.13. The van der Waals surface area contributed by atoms with E-state index >= 15 is 0 Å². The largest absolute Gasteiger partial charge is 0.497 e. The highest BCUT2D eigenvalue weighted by Crippen LogP contribution is 2.23. The van der Waals surface area contributed by atoms with Gasteiger partial charge in [-0.25, -0.2) is 4.79 Å². The maximum Gasteiger partial charge on any atom is 0.321 e. The highest BCUT2D eigenvalue weighted by Gasteiger charge is 2.26. The Morgan fingerprint density at radius 2 is 1.80 bits per heavy atom. The van der Waals surface area contributed by atoms with Crippen LogP contribution >= 0.6 is 22.6 Å². The zero-order valence-electron chi connectivity index (χ0n) is 14.4. The highest BCUT2D eigenvalue weighted by molar-refractivity contribution is 14.1. The molecule has 1 aliphatic rings. The van der Waals surface area contributed by atoms with Gasteiger partial charge in [-0.1, -0.05) is 0 Å². The van der Waals surface area contributed by atoms with Crippen LogP contribution in [0.25, 0.3) is 0 Å². The van der Waals surface area contributed by atoms with Gasteiger partial charge in [0.2, 0.25) is 0 Å². The van der Waals surface area contributed by atoms with Crippen molar-refractivity contribution in [2.45, 2.75) is 13.0 Å². The Balaban J connectivity index is 1.60. The van der Waals surface area contributed by atoms with Crippen molar-refractivity contribution in [3.8, 4) is 5.75 Å². The summed E-state index contributed by atoms with van der Waals surface area (Å²) in [6.45, 7) is 4.36. The third-order valence-electron chi connectivity index (χ3n) is 4.41. The summed E-state index contributed by atoms with van der Waals surface area (Å²) >= 11 is 2.25. The van der Waals surface area contributed by atoms with E-state index in [1.807, 2.05) is 41.3 Å². The zero-order chi connectivity index (χ0) is 17.8. The Bertz CT molecular complexity index is 718. The number of hydrogen-bond donors (Lipinski definition) is 1. The van der Waals surface area contributed by atoms with E-state index in [1.54, 1.807) is 7.11 Å². The van der Waals surface area contributed by atoms with Crippen LogP contribution in [0.1, 0.15) is 6.92 Å². The summed E-state index contributed by atoms with van der Waals surface area (Å²) in [5, 5.41) is 2.98. The minimum atomic E-state index is -0.0394. The molecule has 3 rings (SSSR count). The van der Waals surface area contributed by atoms with Crippen molar-refractivity contribution < 1.29 is 9.53 Å². The van der Waals surface area contributed by atoms with E-state index in [0.29, 0.717) is 13.1 Å². The molecule has 6 heteroatoms. The van der Waals surface area contributed by atoms with Crippen LogP contribution in [0.3, 0.4) is 0 Å². The number of anilines is 2. The minimum absolute atomic E-state index is 0.0394. The van der Waals surface area contributed by atoms with Crippen LogP contribution in [0.4, 0.5) is 16.2 Å². The SMILES string of the molecule is COc1ccc(N2CCN(C(=O)Nc3ccc(I)cc3)CC2C)cc1. The first-order chi connectivity index (χ1) is 12.1. The highest BCUT2D eigenvalue weighted by atomic mass is 127. The van der Waals surface area contributed by atoms with E-state index in [1.165, 1.54) is 0 Å². The number of nitrogens with one attached hydrogen (secondary N) is 1. The molecule has 0 bridgehead atoms. The van der Waals surface area contributed by atoms with E-state index in [9.17, 15) is 4.79 Å². The molecule has 25 heavy (non-hydrogen) atoms. The van der Waals surface area contributed by atoms with E-state index in [-0.39, 0.29) is 12.1 Å². The summed E-state index contributed by atoms with van der Waals surface area (Å²) in [5.74, 6) is 0.854. The number of carbonyl (C=O) groups is 1. The summed E-state index contributed by atoms with van der Waals surface area (Å²) in [5.41, 5.74) is 1.99. The topological polar surface area (TPSA) is 44.8 Å². The number of hydrogen-bond acceptors (Lipinski definition) is 3. The maximum absolute atomic E-state index is 12.5. The quantitative estimate of drug-likeness (QED) is 0.717. The van der Waals surface area contributed by atoms with Gasteiger partial charge in [0.1, 0.15) is 5.75 Å². The van der Waals surface area contributed by atoms with Gasteiger partial charge in [-0.3, -0.25) is 0 Å². The van der Waals surface area contributed by atoms with Gasteiger partial charge in [-0.05, 0) is 78.0 Å². The summed E-state index contributed by atoms with van der Waals surface area (Å²) in [4.78, 5) is 16.7. The normalized spacial score (nSPS) is 17.3. The number of carbonyl (C=O) groups excluding carboxylic acids is 1. The van der Waals surface area contributed by atoms with Gasteiger partial charge in [0.15, 0.2) is 0 Å². The molecule has 2 aromatic rings. The molecule has 0 aromatic heterocycles. The van der Waals surface area contributed by atoms with E-state index in [2.05, 4.69) is 51.9 Å². The molecule has 5 nitrogen and oxygen atoms in total. The molecule has 132 valence electrons. The standard InChI is InChI=1S/C19H22IN3O2/c1-14-13-22(19(24)21-16-5-3-15(20)4-6-16)11-12-23(14)17-7-9-18(25-2)10-8-17/h3-10,14H,11-13H2,1-2H3,(H,21,24). The number of piperazine rings is 1. The molecule has 0 radical (unpaired) electrons. The van der Waals surface area contributed by atoms with Crippen LogP contribution in [-0.2, 0) is 0 Å². The van der Waals surface area contributed by atoms with Crippen molar-refractivity contribution in [2.24, 2.45) is 0 Å². The second-order valence-corrected chi connectivity index (χ2v) is 7.37. The molecule has 0 aliphatic carbocycles. The van der Waals surface area contributed by atoms with Crippen molar-refractivity contribution in [2.75, 3.05) is 37.0 Å². The van der Waals surface area contributed by atoms with Crippen molar-refractivity contribution in [1.82, 2.24) is 4.90 Å². The lowest BCUT2D eigenvalue weighted by atomic mass is 10.1. The monoisotopic (exact) mass is 451 g/mol. The van der Waals surface area contributed by atoms with Gasteiger partial charge >= 0.3 is 6.03 Å². The van der Waals surface area contributed by atoms with Crippen molar-refractivity contribution in [3.63, 3.8) is 0 Å². The molecular weight excluding hydrogens is 429 g/mol. The van der Waals surface area contributed by atoms with Crippen LogP contribution < -0.4 is 15.0 Å². The number of halogens is 1. The van der Waals surface area contributed by atoms with Crippen LogP contribution in [0.15, 0.2) is 48.5 Å². The fourth-order valence-corrected chi connectivity index (χ4v) is 3.39. The van der Waals surface area contributed by atoms with Crippen molar-refractivity contribution >= 4 is 40.0 Å². The minimum Gasteiger partial charge on any atom is -0.497 e. The summed E-state index contributed by atoms with van der Waals surface area (Å²) in [7, 11) is 1.67. The van der Waals surface area contributed by atoms with E-state index in [4.69, 9.17) is 4.74 Å². The maximum atomic E-state index is 12.5. The summed E-state index contributed by atoms with van der Waals surface area (Å²) in [6.07, 6.45) is 0. The fourth-order valence-electron chi connectivity index (χ4n) is 3.04. The van der Waals surface area contributed by atoms with Crippen LogP contribution in [0, 0.1) is 3.57 Å². The van der Waals surface area contributed by atoms with Gasteiger partial charge in [-0.2, -0.15) is 0 Å². The van der Waals surface area contributed by atoms with Gasteiger partial charge in [0, 0.05) is 40.6 Å². The van der Waals surface area contributed by atoms with Crippen LogP contribution in [-0.4, -0.2) is 43.7 Å². The number of amides is 2. The molecule has 1 fully saturated rings. The Kier molecular flexibility index (Phi) is 5.67. The molecule has 0 saturated carbocycles. The fraction of sp³-hybridized carbons (Fsp3) is 0.316. The second kappa shape index (κ2) is 7.95. The summed E-state index contributed by atoms with van der Waals surface area (Å²) < 4.78 is 6.37. The number of nitrogens with zero attached hydrogens (tertiary/aromatic N) is 2. The average molecular weight is 451 g/mol. The predicted molar refractivity (Wildman–Crippen MR) is 110 cm³/mol. The van der Waals surface area contributed by atoms with Gasteiger partial charge in [0.25, 0.3) is 0 Å². The van der Waals surface area contributed by atoms with E-state index in [0.717, 1.165) is 27.2 Å². The predicted octanol–water partition coefficient (Wildman–Crippen LogP) is 4.04. The van der Waals surface area contributed by atoms with Crippen molar-refractivity contribution in [1.29, 1.82) is 0 Å². The number of rotatable bonds is 3. The lowest BCUT2D eigenvalue weighted by Crippen LogP contribution is -2.54. The molecule has 2 aromatic carbocycles. The Morgan fingerprint density at radius 3 is 2.40 bits per heavy atom.